The predicted molar refractivity (Wildman–Crippen MR) is 67.5 cm³/mol. The van der Waals surface area contributed by atoms with E-state index in [0.29, 0.717) is 0 Å². The lowest BCUT2D eigenvalue weighted by molar-refractivity contribution is 0.291. The molecule has 1 fully saturated rings. The normalized spacial score (nSPS) is 18.2. The van der Waals surface area contributed by atoms with Crippen molar-refractivity contribution in [3.05, 3.63) is 16.1 Å². The molecule has 0 aromatic carbocycles. The monoisotopic (exact) mass is 243 g/mol. The molecule has 1 saturated heterocycles. The van der Waals surface area contributed by atoms with Gasteiger partial charge in [-0.3, -0.25) is 4.90 Å². The molecule has 0 radical (unpaired) electrons. The molecule has 0 spiro atoms. The maximum Gasteiger partial charge on any atom is 0.107 e. The van der Waals surface area contributed by atoms with Gasteiger partial charge in [0.1, 0.15) is 5.01 Å². The number of nitrogens with one attached hydrogen (secondary N) is 1. The molecule has 0 saturated carbocycles. The number of hydrogen-bond donors (Lipinski definition) is 1. The Morgan fingerprint density at radius 1 is 1.47 bits per heavy atom. The lowest BCUT2D eigenvalue weighted by Crippen LogP contribution is -2.32. The fourth-order valence-electron chi connectivity index (χ4n) is 1.64. The van der Waals surface area contributed by atoms with Crippen molar-refractivity contribution in [2.45, 2.75) is 13.1 Å². The molecule has 0 bridgehead atoms. The van der Waals surface area contributed by atoms with Crippen molar-refractivity contribution in [2.24, 2.45) is 0 Å². The van der Waals surface area contributed by atoms with Gasteiger partial charge in [0, 0.05) is 43.1 Å². The molecule has 1 aliphatic rings. The Bertz CT molecular complexity index is 295. The summed E-state index contributed by atoms with van der Waals surface area (Å²) in [6.07, 6.45) is 0. The van der Waals surface area contributed by atoms with E-state index >= 15 is 0 Å². The third-order valence-corrected chi connectivity index (χ3v) is 4.26. The van der Waals surface area contributed by atoms with Crippen LogP contribution in [-0.2, 0) is 13.1 Å². The summed E-state index contributed by atoms with van der Waals surface area (Å²) >= 11 is 3.81. The Morgan fingerprint density at radius 3 is 3.00 bits per heavy atom. The number of thiazole rings is 1. The van der Waals surface area contributed by atoms with E-state index in [2.05, 4.69) is 32.3 Å². The fourth-order valence-corrected chi connectivity index (χ4v) is 3.42. The molecule has 0 atom stereocenters. The van der Waals surface area contributed by atoms with E-state index in [0.717, 1.165) is 13.1 Å². The fraction of sp³-hybridized carbons (Fsp3) is 0.700. The summed E-state index contributed by atoms with van der Waals surface area (Å²) in [4.78, 5) is 7.10. The lowest BCUT2D eigenvalue weighted by Gasteiger charge is -2.25. The van der Waals surface area contributed by atoms with Crippen molar-refractivity contribution in [3.63, 3.8) is 0 Å². The maximum absolute atomic E-state index is 4.60. The molecule has 2 heterocycles. The van der Waals surface area contributed by atoms with Crippen LogP contribution in [0.5, 0.6) is 0 Å². The molecular weight excluding hydrogens is 226 g/mol. The molecule has 1 aromatic heterocycles. The van der Waals surface area contributed by atoms with Gasteiger partial charge in [-0.2, -0.15) is 11.8 Å². The Kier molecular flexibility index (Phi) is 4.43. The van der Waals surface area contributed by atoms with Crippen molar-refractivity contribution >= 4 is 23.1 Å². The smallest absolute Gasteiger partial charge is 0.107 e. The topological polar surface area (TPSA) is 28.2 Å². The zero-order valence-corrected chi connectivity index (χ0v) is 10.7. The highest BCUT2D eigenvalue weighted by atomic mass is 32.2. The summed E-state index contributed by atoms with van der Waals surface area (Å²) in [6, 6.07) is 0. The molecule has 2 rings (SSSR count). The predicted octanol–water partition coefficient (Wildman–Crippen LogP) is 1.41. The van der Waals surface area contributed by atoms with Gasteiger partial charge in [0.05, 0.1) is 5.69 Å². The Morgan fingerprint density at radius 2 is 2.27 bits per heavy atom. The SMILES string of the molecule is CNCc1nc(CN2CCSCC2)cs1. The third-order valence-electron chi connectivity index (χ3n) is 2.42. The van der Waals surface area contributed by atoms with E-state index in [1.165, 1.54) is 35.3 Å². The molecule has 1 aromatic rings. The Balaban J connectivity index is 1.86. The quantitative estimate of drug-likeness (QED) is 0.865. The van der Waals surface area contributed by atoms with Gasteiger partial charge < -0.3 is 5.32 Å². The summed E-state index contributed by atoms with van der Waals surface area (Å²) < 4.78 is 0. The first-order valence-corrected chi connectivity index (χ1v) is 7.30. The molecule has 84 valence electrons. The lowest BCUT2D eigenvalue weighted by atomic mass is 10.4. The minimum absolute atomic E-state index is 0.889. The summed E-state index contributed by atoms with van der Waals surface area (Å²) in [5.41, 5.74) is 1.23. The minimum Gasteiger partial charge on any atom is -0.314 e. The van der Waals surface area contributed by atoms with Crippen LogP contribution in [0.2, 0.25) is 0 Å². The molecule has 1 N–H and O–H groups in total. The van der Waals surface area contributed by atoms with Gasteiger partial charge in [-0.25, -0.2) is 4.98 Å². The van der Waals surface area contributed by atoms with Crippen LogP contribution in [0.25, 0.3) is 0 Å². The summed E-state index contributed by atoms with van der Waals surface area (Å²) in [6.45, 7) is 4.34. The van der Waals surface area contributed by atoms with E-state index in [4.69, 9.17) is 0 Å². The van der Waals surface area contributed by atoms with Gasteiger partial charge >= 0.3 is 0 Å². The Hall–Kier alpha value is -0.100. The first-order valence-electron chi connectivity index (χ1n) is 5.26. The summed E-state index contributed by atoms with van der Waals surface area (Å²) in [5.74, 6) is 2.54. The highest BCUT2D eigenvalue weighted by Crippen LogP contribution is 2.15. The number of aromatic nitrogens is 1. The molecule has 5 heteroatoms. The van der Waals surface area contributed by atoms with Crippen molar-refractivity contribution in [1.29, 1.82) is 0 Å². The second kappa shape index (κ2) is 5.84. The highest BCUT2D eigenvalue weighted by Gasteiger charge is 2.12. The largest absolute Gasteiger partial charge is 0.314 e. The van der Waals surface area contributed by atoms with Crippen LogP contribution in [0.3, 0.4) is 0 Å². The van der Waals surface area contributed by atoms with Crippen molar-refractivity contribution in [3.8, 4) is 0 Å². The summed E-state index contributed by atoms with van der Waals surface area (Å²) in [7, 11) is 1.96. The molecular formula is C10H17N3S2. The molecule has 0 unspecified atom stereocenters. The van der Waals surface area contributed by atoms with Gasteiger partial charge in [-0.05, 0) is 7.05 Å². The average Bonchev–Trinajstić information content (AvgIpc) is 2.68. The minimum atomic E-state index is 0.889. The van der Waals surface area contributed by atoms with Gasteiger partial charge in [-0.1, -0.05) is 0 Å². The van der Waals surface area contributed by atoms with E-state index in [-0.39, 0.29) is 0 Å². The summed E-state index contributed by atoms with van der Waals surface area (Å²) in [5, 5.41) is 6.51. The Labute approximate surface area is 99.3 Å². The van der Waals surface area contributed by atoms with Crippen LogP contribution in [-0.4, -0.2) is 41.5 Å². The first-order chi connectivity index (χ1) is 7.38. The zero-order valence-electron chi connectivity index (χ0n) is 9.03. The van der Waals surface area contributed by atoms with Crippen LogP contribution in [0.4, 0.5) is 0 Å². The van der Waals surface area contributed by atoms with Crippen LogP contribution >= 0.6 is 23.1 Å². The molecule has 0 aliphatic carbocycles. The third kappa shape index (κ3) is 3.45. The molecule has 0 amide bonds. The maximum atomic E-state index is 4.60. The first kappa shape index (κ1) is 11.4. The number of rotatable bonds is 4. The van der Waals surface area contributed by atoms with E-state index in [9.17, 15) is 0 Å². The zero-order chi connectivity index (χ0) is 10.5. The van der Waals surface area contributed by atoms with Crippen LogP contribution in [0.1, 0.15) is 10.7 Å². The van der Waals surface area contributed by atoms with Crippen molar-refractivity contribution in [1.82, 2.24) is 15.2 Å². The van der Waals surface area contributed by atoms with Crippen molar-refractivity contribution < 1.29 is 0 Å². The van der Waals surface area contributed by atoms with Crippen LogP contribution in [0.15, 0.2) is 5.38 Å². The molecule has 3 nitrogen and oxygen atoms in total. The molecule has 15 heavy (non-hydrogen) atoms. The number of thioether (sulfide) groups is 1. The second-order valence-electron chi connectivity index (χ2n) is 3.65. The second-order valence-corrected chi connectivity index (χ2v) is 5.82. The highest BCUT2D eigenvalue weighted by molar-refractivity contribution is 7.99. The van der Waals surface area contributed by atoms with Crippen molar-refractivity contribution in [2.75, 3.05) is 31.6 Å². The number of nitrogens with zero attached hydrogens (tertiary/aromatic N) is 2. The van der Waals surface area contributed by atoms with Gasteiger partial charge in [0.25, 0.3) is 0 Å². The van der Waals surface area contributed by atoms with E-state index in [1.807, 2.05) is 7.05 Å². The van der Waals surface area contributed by atoms with Gasteiger partial charge in [0.2, 0.25) is 0 Å². The standard InChI is InChI=1S/C10H17N3S2/c1-11-6-10-12-9(8-15-10)7-13-2-4-14-5-3-13/h8,11H,2-7H2,1H3. The van der Waals surface area contributed by atoms with Crippen LogP contribution in [0, 0.1) is 0 Å². The molecule has 1 aliphatic heterocycles. The average molecular weight is 243 g/mol. The number of hydrogen-bond acceptors (Lipinski definition) is 5. The van der Waals surface area contributed by atoms with E-state index < -0.39 is 0 Å². The van der Waals surface area contributed by atoms with Gasteiger partial charge in [0.15, 0.2) is 0 Å². The van der Waals surface area contributed by atoms with E-state index in [1.54, 1.807) is 11.3 Å². The van der Waals surface area contributed by atoms with Gasteiger partial charge in [-0.15, -0.1) is 11.3 Å². The van der Waals surface area contributed by atoms with Crippen LogP contribution < -0.4 is 5.32 Å².